The third-order valence-corrected chi connectivity index (χ3v) is 3.53. The maximum absolute atomic E-state index is 13.2. The van der Waals surface area contributed by atoms with Gasteiger partial charge in [0.15, 0.2) is 0 Å². The van der Waals surface area contributed by atoms with Crippen LogP contribution in [-0.2, 0) is 22.3 Å². The van der Waals surface area contributed by atoms with Crippen LogP contribution in [0.25, 0.3) is 0 Å². The van der Waals surface area contributed by atoms with Gasteiger partial charge < -0.3 is 15.2 Å². The molecule has 0 aliphatic heterocycles. The smallest absolute Gasteiger partial charge is 0.416 e. The van der Waals surface area contributed by atoms with E-state index in [1.54, 1.807) is 30.3 Å². The molecule has 1 amide bonds. The maximum atomic E-state index is 13.2. The number of benzene rings is 2. The molecule has 26 heavy (non-hydrogen) atoms. The van der Waals surface area contributed by atoms with Gasteiger partial charge in [-0.15, -0.1) is 0 Å². The van der Waals surface area contributed by atoms with Gasteiger partial charge >= 0.3 is 18.2 Å². The van der Waals surface area contributed by atoms with Gasteiger partial charge in [-0.1, -0.05) is 48.5 Å². The van der Waals surface area contributed by atoms with Crippen LogP contribution < -0.4 is 5.32 Å². The highest BCUT2D eigenvalue weighted by molar-refractivity contribution is 5.72. The van der Waals surface area contributed by atoms with Crippen molar-refractivity contribution in [1.29, 1.82) is 0 Å². The summed E-state index contributed by atoms with van der Waals surface area (Å²) in [6, 6.07) is 11.8. The predicted molar refractivity (Wildman–Crippen MR) is 86.2 cm³/mol. The minimum Gasteiger partial charge on any atom is -0.481 e. The molecule has 0 saturated heterocycles. The zero-order valence-electron chi connectivity index (χ0n) is 13.5. The maximum Gasteiger partial charge on any atom is 0.416 e. The van der Waals surface area contributed by atoms with E-state index >= 15 is 0 Å². The topological polar surface area (TPSA) is 75.6 Å². The van der Waals surface area contributed by atoms with Gasteiger partial charge in [0, 0.05) is 0 Å². The summed E-state index contributed by atoms with van der Waals surface area (Å²) in [5.74, 6) is -1.35. The predicted octanol–water partition coefficient (Wildman–Crippen LogP) is 4.15. The standard InChI is InChI=1S/C18H16F3NO4/c19-18(20,21)14-9-5-4-8-13(14)15(10-16(23)24)22-17(25)26-11-12-6-2-1-3-7-12/h1-9,15H,10-11H2,(H,22,25)(H,23,24)/t15-/m0/s1. The van der Waals surface area contributed by atoms with Crippen LogP contribution in [0, 0.1) is 0 Å². The minimum atomic E-state index is -4.68. The normalized spacial score (nSPS) is 12.3. The summed E-state index contributed by atoms with van der Waals surface area (Å²) in [6.45, 7) is -0.0899. The van der Waals surface area contributed by atoms with Crippen molar-refractivity contribution in [3.05, 3.63) is 71.3 Å². The third-order valence-electron chi connectivity index (χ3n) is 3.53. The fourth-order valence-electron chi connectivity index (χ4n) is 2.38. The van der Waals surface area contributed by atoms with Crippen LogP contribution in [0.4, 0.5) is 18.0 Å². The first-order valence-corrected chi connectivity index (χ1v) is 7.62. The number of nitrogens with one attached hydrogen (secondary N) is 1. The molecular formula is C18H16F3NO4. The zero-order valence-corrected chi connectivity index (χ0v) is 13.5. The van der Waals surface area contributed by atoms with Crippen molar-refractivity contribution >= 4 is 12.1 Å². The Morgan fingerprint density at radius 3 is 2.27 bits per heavy atom. The number of halogens is 3. The average molecular weight is 367 g/mol. The van der Waals surface area contributed by atoms with E-state index < -0.39 is 36.3 Å². The van der Waals surface area contributed by atoms with Crippen LogP contribution in [-0.4, -0.2) is 17.2 Å². The molecule has 138 valence electrons. The van der Waals surface area contributed by atoms with Crippen LogP contribution in [0.1, 0.15) is 29.2 Å². The molecule has 0 heterocycles. The number of hydrogen-bond donors (Lipinski definition) is 2. The van der Waals surface area contributed by atoms with Gasteiger partial charge in [-0.3, -0.25) is 4.79 Å². The van der Waals surface area contributed by atoms with Gasteiger partial charge in [0.1, 0.15) is 6.61 Å². The summed E-state index contributed by atoms with van der Waals surface area (Å²) in [5, 5.41) is 11.2. The van der Waals surface area contributed by atoms with Crippen LogP contribution in [0.15, 0.2) is 54.6 Å². The Labute approximate surface area is 147 Å². The number of ether oxygens (including phenoxy) is 1. The SMILES string of the molecule is O=C(O)C[C@H](NC(=O)OCc1ccccc1)c1ccccc1C(F)(F)F. The lowest BCUT2D eigenvalue weighted by Crippen LogP contribution is -2.32. The molecule has 0 saturated carbocycles. The summed E-state index contributed by atoms with van der Waals surface area (Å²) in [5.41, 5.74) is -0.651. The third kappa shape index (κ3) is 5.51. The van der Waals surface area contributed by atoms with Gasteiger partial charge in [-0.25, -0.2) is 4.79 Å². The fraction of sp³-hybridized carbons (Fsp3) is 0.222. The molecule has 0 unspecified atom stereocenters. The van der Waals surface area contributed by atoms with Crippen molar-refractivity contribution in [1.82, 2.24) is 5.32 Å². The minimum absolute atomic E-state index is 0.0899. The van der Waals surface area contributed by atoms with Crippen molar-refractivity contribution in [3.8, 4) is 0 Å². The van der Waals surface area contributed by atoms with E-state index in [4.69, 9.17) is 9.84 Å². The molecule has 2 aromatic rings. The van der Waals surface area contributed by atoms with E-state index in [2.05, 4.69) is 5.32 Å². The molecule has 0 radical (unpaired) electrons. The van der Waals surface area contributed by atoms with E-state index in [1.165, 1.54) is 12.1 Å². The van der Waals surface area contributed by atoms with Crippen molar-refractivity contribution in [3.63, 3.8) is 0 Å². The van der Waals surface area contributed by atoms with Gasteiger partial charge in [0.25, 0.3) is 0 Å². The summed E-state index contributed by atoms with van der Waals surface area (Å²) in [6.07, 6.45) is -6.40. The molecule has 1 atom stereocenters. The Kier molecular flexibility index (Phi) is 6.21. The quantitative estimate of drug-likeness (QED) is 0.804. The summed E-state index contributed by atoms with van der Waals surface area (Å²) >= 11 is 0. The number of rotatable bonds is 6. The van der Waals surface area contributed by atoms with Gasteiger partial charge in [0.2, 0.25) is 0 Å². The van der Waals surface area contributed by atoms with Gasteiger partial charge in [-0.2, -0.15) is 13.2 Å². The number of aliphatic carboxylic acids is 1. The first-order chi connectivity index (χ1) is 12.3. The van der Waals surface area contributed by atoms with Crippen molar-refractivity contribution in [2.75, 3.05) is 0 Å². The second-order valence-electron chi connectivity index (χ2n) is 5.44. The molecule has 0 aromatic heterocycles. The Morgan fingerprint density at radius 2 is 1.65 bits per heavy atom. The van der Waals surface area contributed by atoms with Crippen LogP contribution in [0.2, 0.25) is 0 Å². The van der Waals surface area contributed by atoms with Crippen molar-refractivity contribution in [2.24, 2.45) is 0 Å². The Bertz CT molecular complexity index is 763. The van der Waals surface area contributed by atoms with Crippen molar-refractivity contribution < 1.29 is 32.6 Å². The number of amides is 1. The van der Waals surface area contributed by atoms with Crippen molar-refractivity contribution in [2.45, 2.75) is 25.2 Å². The fourth-order valence-corrected chi connectivity index (χ4v) is 2.38. The van der Waals surface area contributed by atoms with E-state index in [0.717, 1.165) is 12.1 Å². The van der Waals surface area contributed by atoms with E-state index in [0.29, 0.717) is 5.56 Å². The number of carbonyl (C=O) groups excluding carboxylic acids is 1. The Hall–Kier alpha value is -3.03. The largest absolute Gasteiger partial charge is 0.481 e. The Balaban J connectivity index is 2.15. The molecule has 0 fully saturated rings. The molecule has 0 bridgehead atoms. The number of alkyl halides is 3. The molecule has 2 N–H and O–H groups in total. The molecule has 0 aliphatic rings. The molecular weight excluding hydrogens is 351 g/mol. The van der Waals surface area contributed by atoms with Crippen LogP contribution in [0.3, 0.4) is 0 Å². The summed E-state index contributed by atoms with van der Waals surface area (Å²) in [7, 11) is 0. The molecule has 2 aromatic carbocycles. The second kappa shape index (κ2) is 8.37. The molecule has 8 heteroatoms. The lowest BCUT2D eigenvalue weighted by atomic mass is 9.97. The first-order valence-electron chi connectivity index (χ1n) is 7.62. The number of alkyl carbamates (subject to hydrolysis) is 1. The van der Waals surface area contributed by atoms with Crippen LogP contribution in [0.5, 0.6) is 0 Å². The highest BCUT2D eigenvalue weighted by Gasteiger charge is 2.36. The molecule has 2 rings (SSSR count). The lowest BCUT2D eigenvalue weighted by molar-refractivity contribution is -0.140. The number of carbonyl (C=O) groups is 2. The Morgan fingerprint density at radius 1 is 1.04 bits per heavy atom. The zero-order chi connectivity index (χ0) is 19.2. The number of hydrogen-bond acceptors (Lipinski definition) is 3. The monoisotopic (exact) mass is 367 g/mol. The molecule has 5 nitrogen and oxygen atoms in total. The second-order valence-corrected chi connectivity index (χ2v) is 5.44. The average Bonchev–Trinajstić information content (AvgIpc) is 2.59. The van der Waals surface area contributed by atoms with Gasteiger partial charge in [0.05, 0.1) is 18.0 Å². The summed E-state index contributed by atoms with van der Waals surface area (Å²) < 4.78 is 44.4. The van der Waals surface area contributed by atoms with Crippen LogP contribution >= 0.6 is 0 Å². The lowest BCUT2D eigenvalue weighted by Gasteiger charge is -2.21. The molecule has 0 spiro atoms. The highest BCUT2D eigenvalue weighted by Crippen LogP contribution is 2.35. The van der Waals surface area contributed by atoms with Gasteiger partial charge in [-0.05, 0) is 17.2 Å². The number of carboxylic acid groups (broad SMARTS) is 1. The summed E-state index contributed by atoms with van der Waals surface area (Å²) in [4.78, 5) is 23.0. The van der Waals surface area contributed by atoms with E-state index in [1.807, 2.05) is 0 Å². The number of carboxylic acids is 1. The van der Waals surface area contributed by atoms with E-state index in [9.17, 15) is 22.8 Å². The molecule has 0 aliphatic carbocycles. The first kappa shape index (κ1) is 19.3. The highest BCUT2D eigenvalue weighted by atomic mass is 19.4. The van der Waals surface area contributed by atoms with E-state index in [-0.39, 0.29) is 12.2 Å².